The van der Waals surface area contributed by atoms with Gasteiger partial charge in [0.05, 0.1) is 44.6 Å². The maximum Gasteiger partial charge on any atom is 0.205 e. The molecule has 3 rings (SSSR count). The van der Waals surface area contributed by atoms with Crippen LogP contribution < -0.4 is 18.9 Å². The van der Waals surface area contributed by atoms with Gasteiger partial charge in [0.1, 0.15) is 18.1 Å². The normalized spacial score (nSPS) is 12.2. The summed E-state index contributed by atoms with van der Waals surface area (Å²) in [6, 6.07) is 9.63. The van der Waals surface area contributed by atoms with Crippen LogP contribution in [0.1, 0.15) is 23.7 Å². The Labute approximate surface area is 183 Å². The molecule has 0 radical (unpaired) electrons. The van der Waals surface area contributed by atoms with Crippen molar-refractivity contribution < 1.29 is 28.5 Å². The van der Waals surface area contributed by atoms with Crippen LogP contribution in [-0.4, -0.2) is 58.6 Å². The molecule has 7 heteroatoms. The average molecular weight is 430 g/mol. The zero-order valence-electron chi connectivity index (χ0n) is 18.8. The minimum absolute atomic E-state index is 0.428. The molecule has 0 fully saturated rings. The molecule has 1 aromatic heterocycles. The van der Waals surface area contributed by atoms with Crippen LogP contribution in [0.3, 0.4) is 0 Å². The SMILES string of the molecule is COc1ccc(CCC(O)c2c(OCCN(C)C)c(OC)c3occc3c2OC)cc1. The highest BCUT2D eigenvalue weighted by Crippen LogP contribution is 2.49. The van der Waals surface area contributed by atoms with Gasteiger partial charge in [-0.2, -0.15) is 0 Å². The molecule has 1 N–H and O–H groups in total. The average Bonchev–Trinajstić information content (AvgIpc) is 3.26. The first-order chi connectivity index (χ1) is 15.0. The van der Waals surface area contributed by atoms with E-state index >= 15 is 0 Å². The van der Waals surface area contributed by atoms with Gasteiger partial charge in [0.2, 0.25) is 5.75 Å². The van der Waals surface area contributed by atoms with E-state index in [4.69, 9.17) is 23.4 Å². The summed E-state index contributed by atoms with van der Waals surface area (Å²) >= 11 is 0. The molecular formula is C24H31NO6. The Morgan fingerprint density at radius 1 is 0.935 bits per heavy atom. The second-order valence-corrected chi connectivity index (χ2v) is 7.53. The van der Waals surface area contributed by atoms with E-state index in [2.05, 4.69) is 0 Å². The minimum Gasteiger partial charge on any atom is -0.497 e. The highest BCUT2D eigenvalue weighted by Gasteiger charge is 2.29. The van der Waals surface area contributed by atoms with Gasteiger partial charge in [0.25, 0.3) is 0 Å². The quantitative estimate of drug-likeness (QED) is 0.493. The Morgan fingerprint density at radius 3 is 2.26 bits per heavy atom. The first-order valence-electron chi connectivity index (χ1n) is 10.2. The number of rotatable bonds is 11. The molecule has 0 saturated heterocycles. The second-order valence-electron chi connectivity index (χ2n) is 7.53. The first kappa shape index (κ1) is 22.8. The summed E-state index contributed by atoms with van der Waals surface area (Å²) in [6.07, 6.45) is 1.92. The predicted octanol–water partition coefficient (Wildman–Crippen LogP) is 4.07. The summed E-state index contributed by atoms with van der Waals surface area (Å²) in [7, 11) is 8.74. The Bertz CT molecular complexity index is 980. The molecule has 1 heterocycles. The number of hydrogen-bond acceptors (Lipinski definition) is 7. The molecule has 0 spiro atoms. The van der Waals surface area contributed by atoms with Crippen molar-refractivity contribution in [3.63, 3.8) is 0 Å². The zero-order chi connectivity index (χ0) is 22.4. The molecule has 0 bridgehead atoms. The monoisotopic (exact) mass is 429 g/mol. The van der Waals surface area contributed by atoms with Crippen LogP contribution in [0.5, 0.6) is 23.0 Å². The molecule has 1 atom stereocenters. The zero-order valence-corrected chi connectivity index (χ0v) is 18.8. The molecule has 0 aliphatic carbocycles. The van der Waals surface area contributed by atoms with E-state index in [1.807, 2.05) is 43.3 Å². The van der Waals surface area contributed by atoms with Gasteiger partial charge in [0.15, 0.2) is 11.3 Å². The van der Waals surface area contributed by atoms with Gasteiger partial charge in [0, 0.05) is 6.54 Å². The smallest absolute Gasteiger partial charge is 0.205 e. The lowest BCUT2D eigenvalue weighted by molar-refractivity contribution is 0.154. The van der Waals surface area contributed by atoms with E-state index in [-0.39, 0.29) is 0 Å². The van der Waals surface area contributed by atoms with E-state index in [0.29, 0.717) is 54.4 Å². The van der Waals surface area contributed by atoms with Crippen molar-refractivity contribution in [2.24, 2.45) is 0 Å². The van der Waals surface area contributed by atoms with Crippen molar-refractivity contribution in [1.29, 1.82) is 0 Å². The third-order valence-electron chi connectivity index (χ3n) is 5.20. The number of aryl methyl sites for hydroxylation is 1. The molecule has 31 heavy (non-hydrogen) atoms. The fourth-order valence-corrected chi connectivity index (χ4v) is 3.56. The Kier molecular flexibility index (Phi) is 7.65. The number of nitrogens with zero attached hydrogens (tertiary/aromatic N) is 1. The van der Waals surface area contributed by atoms with Crippen molar-refractivity contribution in [3.05, 3.63) is 47.7 Å². The van der Waals surface area contributed by atoms with Crippen LogP contribution in [0.4, 0.5) is 0 Å². The van der Waals surface area contributed by atoms with Crippen LogP contribution in [0, 0.1) is 0 Å². The van der Waals surface area contributed by atoms with Gasteiger partial charge in [-0.25, -0.2) is 0 Å². The van der Waals surface area contributed by atoms with E-state index in [1.165, 1.54) is 0 Å². The molecule has 0 aliphatic rings. The number of methoxy groups -OCH3 is 3. The second kappa shape index (κ2) is 10.4. The van der Waals surface area contributed by atoms with Gasteiger partial charge in [-0.3, -0.25) is 0 Å². The fraction of sp³-hybridized carbons (Fsp3) is 0.417. The highest BCUT2D eigenvalue weighted by atomic mass is 16.5. The summed E-state index contributed by atoms with van der Waals surface area (Å²) in [5.41, 5.74) is 2.20. The van der Waals surface area contributed by atoms with Crippen LogP contribution in [0.25, 0.3) is 11.0 Å². The molecule has 0 aliphatic heterocycles. The lowest BCUT2D eigenvalue weighted by atomic mass is 9.97. The number of ether oxygens (including phenoxy) is 4. The van der Waals surface area contributed by atoms with Gasteiger partial charge in [-0.05, 0) is 50.7 Å². The standard InChI is InChI=1S/C24H31NO6/c1-25(2)13-15-31-23-20(19(26)11-8-16-6-9-17(27-3)10-7-16)21(28-4)18-12-14-30-22(18)24(23)29-5/h6-7,9-10,12,14,19,26H,8,11,13,15H2,1-5H3. The predicted molar refractivity (Wildman–Crippen MR) is 120 cm³/mol. The van der Waals surface area contributed by atoms with E-state index in [0.717, 1.165) is 16.7 Å². The van der Waals surface area contributed by atoms with Crippen molar-refractivity contribution in [2.75, 3.05) is 48.6 Å². The summed E-state index contributed by atoms with van der Waals surface area (Å²) in [5.74, 6) is 2.24. The summed E-state index contributed by atoms with van der Waals surface area (Å²) in [4.78, 5) is 2.02. The van der Waals surface area contributed by atoms with E-state index in [9.17, 15) is 5.11 Å². The van der Waals surface area contributed by atoms with Crippen LogP contribution >= 0.6 is 0 Å². The molecule has 7 nitrogen and oxygen atoms in total. The van der Waals surface area contributed by atoms with Crippen molar-refractivity contribution in [2.45, 2.75) is 18.9 Å². The number of aliphatic hydroxyl groups excluding tert-OH is 1. The third kappa shape index (κ3) is 5.06. The van der Waals surface area contributed by atoms with Crippen LogP contribution in [0.15, 0.2) is 41.0 Å². The number of fused-ring (bicyclic) bond motifs is 1. The molecular weight excluding hydrogens is 398 g/mol. The van der Waals surface area contributed by atoms with Gasteiger partial charge in [-0.15, -0.1) is 0 Å². The molecule has 0 saturated carbocycles. The lowest BCUT2D eigenvalue weighted by Crippen LogP contribution is -2.20. The number of hydrogen-bond donors (Lipinski definition) is 1. The molecule has 0 amide bonds. The summed E-state index contributed by atoms with van der Waals surface area (Å²) in [5, 5.41) is 12.0. The summed E-state index contributed by atoms with van der Waals surface area (Å²) in [6.45, 7) is 1.14. The van der Waals surface area contributed by atoms with Crippen LogP contribution in [0.2, 0.25) is 0 Å². The Hall–Kier alpha value is -2.90. The number of likely N-dealkylation sites (N-methyl/N-ethyl adjacent to an activating group) is 1. The summed E-state index contributed by atoms with van der Waals surface area (Å²) < 4.78 is 28.3. The highest BCUT2D eigenvalue weighted by molar-refractivity contribution is 5.93. The van der Waals surface area contributed by atoms with Crippen molar-refractivity contribution in [1.82, 2.24) is 4.90 Å². The third-order valence-corrected chi connectivity index (χ3v) is 5.20. The lowest BCUT2D eigenvalue weighted by Gasteiger charge is -2.22. The molecule has 168 valence electrons. The van der Waals surface area contributed by atoms with Gasteiger partial charge < -0.3 is 33.4 Å². The number of benzene rings is 2. The molecule has 2 aromatic carbocycles. The minimum atomic E-state index is -0.820. The Balaban J connectivity index is 1.96. The molecule has 1 unspecified atom stereocenters. The maximum atomic E-state index is 11.2. The largest absolute Gasteiger partial charge is 0.497 e. The Morgan fingerprint density at radius 2 is 1.65 bits per heavy atom. The van der Waals surface area contributed by atoms with Gasteiger partial charge in [-0.1, -0.05) is 12.1 Å². The van der Waals surface area contributed by atoms with Crippen molar-refractivity contribution >= 4 is 11.0 Å². The number of furan rings is 1. The van der Waals surface area contributed by atoms with E-state index < -0.39 is 6.10 Å². The van der Waals surface area contributed by atoms with Gasteiger partial charge >= 0.3 is 0 Å². The van der Waals surface area contributed by atoms with E-state index in [1.54, 1.807) is 33.7 Å². The maximum absolute atomic E-state index is 11.2. The fourth-order valence-electron chi connectivity index (χ4n) is 3.56. The number of aliphatic hydroxyl groups is 1. The molecule has 3 aromatic rings. The van der Waals surface area contributed by atoms with Crippen LogP contribution in [-0.2, 0) is 6.42 Å². The topological polar surface area (TPSA) is 73.5 Å². The first-order valence-corrected chi connectivity index (χ1v) is 10.2. The van der Waals surface area contributed by atoms with Crippen molar-refractivity contribution in [3.8, 4) is 23.0 Å².